The van der Waals surface area contributed by atoms with E-state index in [-0.39, 0.29) is 0 Å². The van der Waals surface area contributed by atoms with Gasteiger partial charge in [-0.25, -0.2) is 13.1 Å². The first-order valence-electron chi connectivity index (χ1n) is 7.17. The number of hydrogen-bond acceptors (Lipinski definition) is 4. The van der Waals surface area contributed by atoms with Crippen molar-refractivity contribution in [1.82, 2.24) is 14.5 Å². The molecule has 3 rings (SSSR count). The number of nitrogens with zero attached hydrogens (tertiary/aromatic N) is 2. The quantitative estimate of drug-likeness (QED) is 0.746. The van der Waals surface area contributed by atoms with Crippen LogP contribution in [0.25, 0.3) is 10.4 Å². The average molecular weight is 347 g/mol. The minimum absolute atomic E-state index is 0.294. The highest BCUT2D eigenvalue weighted by molar-refractivity contribution is 7.89. The summed E-state index contributed by atoms with van der Waals surface area (Å²) in [7, 11) is -1.55. The number of benzene rings is 1. The molecule has 0 atom stereocenters. The lowest BCUT2D eigenvalue weighted by Gasteiger charge is -2.05. The van der Waals surface area contributed by atoms with E-state index in [0.717, 1.165) is 15.3 Å². The molecule has 0 aliphatic heterocycles. The van der Waals surface area contributed by atoms with Gasteiger partial charge in [0.1, 0.15) is 0 Å². The minimum Gasteiger partial charge on any atom is -0.275 e. The zero-order valence-corrected chi connectivity index (χ0v) is 14.3. The van der Waals surface area contributed by atoms with E-state index in [4.69, 9.17) is 0 Å². The smallest absolute Gasteiger partial charge is 0.240 e. The first-order valence-corrected chi connectivity index (χ1v) is 9.47. The molecule has 3 aromatic rings. The number of sulfonamides is 1. The fraction of sp³-hybridized carbons (Fsp3) is 0.188. The van der Waals surface area contributed by atoms with Gasteiger partial charge in [-0.15, -0.1) is 11.3 Å². The molecule has 0 saturated carbocycles. The Kier molecular flexibility index (Phi) is 4.61. The SMILES string of the molecule is Cn1cc(-c2ccc(CCNS(=O)(=O)c3ccccc3)s2)cn1. The average Bonchev–Trinajstić information content (AvgIpc) is 3.17. The predicted molar refractivity (Wildman–Crippen MR) is 91.9 cm³/mol. The van der Waals surface area contributed by atoms with Crippen molar-refractivity contribution in [2.24, 2.45) is 7.05 Å². The standard InChI is InChI=1S/C16H17N3O2S2/c1-19-12-13(11-17-19)16-8-7-14(22-16)9-10-18-23(20,21)15-5-3-2-4-6-15/h2-8,11-12,18H,9-10H2,1H3. The lowest BCUT2D eigenvalue weighted by atomic mass is 10.3. The van der Waals surface area contributed by atoms with Crippen molar-refractivity contribution in [3.63, 3.8) is 0 Å². The summed E-state index contributed by atoms with van der Waals surface area (Å²) < 4.78 is 28.7. The second-order valence-corrected chi connectivity index (χ2v) is 8.06. The molecular weight excluding hydrogens is 330 g/mol. The van der Waals surface area contributed by atoms with Crippen molar-refractivity contribution in [2.45, 2.75) is 11.3 Å². The fourth-order valence-electron chi connectivity index (χ4n) is 2.21. The van der Waals surface area contributed by atoms with Gasteiger partial charge in [-0.2, -0.15) is 5.10 Å². The van der Waals surface area contributed by atoms with Gasteiger partial charge in [-0.05, 0) is 30.7 Å². The molecule has 2 heterocycles. The first kappa shape index (κ1) is 15.9. The van der Waals surface area contributed by atoms with E-state index >= 15 is 0 Å². The van der Waals surface area contributed by atoms with Crippen LogP contribution < -0.4 is 4.72 Å². The molecular formula is C16H17N3O2S2. The molecule has 0 bridgehead atoms. The van der Waals surface area contributed by atoms with Gasteiger partial charge in [-0.1, -0.05) is 18.2 Å². The second kappa shape index (κ2) is 6.66. The van der Waals surface area contributed by atoms with Gasteiger partial charge in [0, 0.05) is 35.1 Å². The molecule has 0 radical (unpaired) electrons. The number of aromatic nitrogens is 2. The van der Waals surface area contributed by atoms with E-state index in [1.54, 1.807) is 46.4 Å². The molecule has 1 aromatic carbocycles. The van der Waals surface area contributed by atoms with Crippen LogP contribution in [0.5, 0.6) is 0 Å². The minimum atomic E-state index is -3.43. The van der Waals surface area contributed by atoms with Crippen molar-refractivity contribution in [3.8, 4) is 10.4 Å². The summed E-state index contributed by atoms with van der Waals surface area (Å²) in [6.45, 7) is 0.379. The molecule has 0 aliphatic carbocycles. The third-order valence-corrected chi connectivity index (χ3v) is 6.04. The van der Waals surface area contributed by atoms with E-state index in [1.807, 2.05) is 31.6 Å². The summed E-state index contributed by atoms with van der Waals surface area (Å²) in [6, 6.07) is 12.5. The van der Waals surface area contributed by atoms with E-state index in [1.165, 1.54) is 0 Å². The molecule has 2 aromatic heterocycles. The Bertz CT molecular complexity index is 883. The fourth-order valence-corrected chi connectivity index (χ4v) is 4.24. The van der Waals surface area contributed by atoms with E-state index in [2.05, 4.69) is 9.82 Å². The number of hydrogen-bond donors (Lipinski definition) is 1. The molecule has 0 spiro atoms. The zero-order chi connectivity index (χ0) is 16.3. The maximum Gasteiger partial charge on any atom is 0.240 e. The van der Waals surface area contributed by atoms with Crippen molar-refractivity contribution in [2.75, 3.05) is 6.54 Å². The molecule has 0 amide bonds. The number of thiophene rings is 1. The van der Waals surface area contributed by atoms with Crippen molar-refractivity contribution >= 4 is 21.4 Å². The Hall–Kier alpha value is -1.96. The van der Waals surface area contributed by atoms with Gasteiger partial charge in [0.25, 0.3) is 0 Å². The molecule has 5 nitrogen and oxygen atoms in total. The Balaban J connectivity index is 1.60. The topological polar surface area (TPSA) is 64.0 Å². The molecule has 1 N–H and O–H groups in total. The molecule has 0 unspecified atom stereocenters. The van der Waals surface area contributed by atoms with Crippen LogP contribution in [-0.4, -0.2) is 24.7 Å². The first-order chi connectivity index (χ1) is 11.0. The van der Waals surface area contributed by atoms with E-state index in [9.17, 15) is 8.42 Å². The summed E-state index contributed by atoms with van der Waals surface area (Å²) >= 11 is 1.66. The van der Waals surface area contributed by atoms with Crippen LogP contribution in [0, 0.1) is 0 Å². The van der Waals surface area contributed by atoms with Crippen molar-refractivity contribution < 1.29 is 8.42 Å². The Labute approximate surface area is 139 Å². The van der Waals surface area contributed by atoms with E-state index < -0.39 is 10.0 Å². The maximum atomic E-state index is 12.1. The maximum absolute atomic E-state index is 12.1. The second-order valence-electron chi connectivity index (χ2n) is 5.13. The Morgan fingerprint density at radius 2 is 1.96 bits per heavy atom. The third-order valence-electron chi connectivity index (χ3n) is 3.37. The lowest BCUT2D eigenvalue weighted by Crippen LogP contribution is -2.25. The molecule has 0 fully saturated rings. The summed E-state index contributed by atoms with van der Waals surface area (Å²) in [5.74, 6) is 0. The van der Waals surface area contributed by atoms with Gasteiger partial charge in [0.05, 0.1) is 11.1 Å². The van der Waals surface area contributed by atoms with Crippen LogP contribution in [0.2, 0.25) is 0 Å². The van der Waals surface area contributed by atoms with Crippen molar-refractivity contribution in [1.29, 1.82) is 0 Å². The Morgan fingerprint density at radius 3 is 2.65 bits per heavy atom. The summed E-state index contributed by atoms with van der Waals surface area (Å²) in [6.07, 6.45) is 4.46. The van der Waals surface area contributed by atoms with Gasteiger partial charge in [0.2, 0.25) is 10.0 Å². The van der Waals surface area contributed by atoms with Crippen LogP contribution in [0.15, 0.2) is 59.8 Å². The van der Waals surface area contributed by atoms with Gasteiger partial charge < -0.3 is 0 Å². The third kappa shape index (κ3) is 3.87. The number of aryl methyl sites for hydroxylation is 1. The highest BCUT2D eigenvalue weighted by atomic mass is 32.2. The zero-order valence-electron chi connectivity index (χ0n) is 12.6. The summed E-state index contributed by atoms with van der Waals surface area (Å²) in [4.78, 5) is 2.57. The van der Waals surface area contributed by atoms with Crippen LogP contribution >= 0.6 is 11.3 Å². The lowest BCUT2D eigenvalue weighted by molar-refractivity contribution is 0.582. The largest absolute Gasteiger partial charge is 0.275 e. The number of rotatable bonds is 6. The summed E-state index contributed by atoms with van der Waals surface area (Å²) in [5.41, 5.74) is 1.08. The van der Waals surface area contributed by atoms with Crippen LogP contribution in [0.1, 0.15) is 4.88 Å². The molecule has 23 heavy (non-hydrogen) atoms. The van der Waals surface area contributed by atoms with Gasteiger partial charge >= 0.3 is 0 Å². The van der Waals surface area contributed by atoms with Crippen molar-refractivity contribution in [3.05, 3.63) is 59.7 Å². The van der Waals surface area contributed by atoms with Gasteiger partial charge in [-0.3, -0.25) is 4.68 Å². The molecule has 7 heteroatoms. The predicted octanol–water partition coefficient (Wildman–Crippen LogP) is 2.67. The van der Waals surface area contributed by atoms with Crippen LogP contribution in [0.3, 0.4) is 0 Å². The van der Waals surface area contributed by atoms with Gasteiger partial charge in [0.15, 0.2) is 0 Å². The monoisotopic (exact) mass is 347 g/mol. The Morgan fingerprint density at radius 1 is 1.17 bits per heavy atom. The van der Waals surface area contributed by atoms with E-state index in [0.29, 0.717) is 17.9 Å². The molecule has 120 valence electrons. The highest BCUT2D eigenvalue weighted by Gasteiger charge is 2.12. The normalized spacial score (nSPS) is 11.7. The van der Waals surface area contributed by atoms with Crippen LogP contribution in [0.4, 0.5) is 0 Å². The number of nitrogens with one attached hydrogen (secondary N) is 1. The molecule has 0 saturated heterocycles. The summed E-state index contributed by atoms with van der Waals surface area (Å²) in [5, 5.41) is 4.16. The van der Waals surface area contributed by atoms with Crippen LogP contribution in [-0.2, 0) is 23.5 Å². The highest BCUT2D eigenvalue weighted by Crippen LogP contribution is 2.27. The molecule has 0 aliphatic rings.